The zero-order valence-electron chi connectivity index (χ0n) is 11.8. The highest BCUT2D eigenvalue weighted by atomic mass is 32.1. The monoisotopic (exact) mass is 320 g/mol. The molecule has 0 spiro atoms. The first kappa shape index (κ1) is 14.8. The first-order valence-corrected chi connectivity index (χ1v) is 8.05. The second-order valence-corrected chi connectivity index (χ2v) is 6.36. The predicted molar refractivity (Wildman–Crippen MR) is 80.7 cm³/mol. The van der Waals surface area contributed by atoms with Crippen molar-refractivity contribution in [3.63, 3.8) is 0 Å². The Labute approximate surface area is 131 Å². The fourth-order valence-electron chi connectivity index (χ4n) is 2.66. The van der Waals surface area contributed by atoms with Crippen molar-refractivity contribution in [3.8, 4) is 10.6 Å². The van der Waals surface area contributed by atoms with Crippen molar-refractivity contribution in [2.24, 2.45) is 5.92 Å². The van der Waals surface area contributed by atoms with Gasteiger partial charge in [0.15, 0.2) is 11.5 Å². The molecule has 0 aromatic carbocycles. The third kappa shape index (κ3) is 3.19. The molecule has 7 heteroatoms. The number of aromatic nitrogens is 1. The molecule has 0 aliphatic heterocycles. The van der Waals surface area contributed by atoms with Gasteiger partial charge in [-0.3, -0.25) is 9.59 Å². The van der Waals surface area contributed by atoms with Crippen LogP contribution >= 0.6 is 11.3 Å². The topological polar surface area (TPSA) is 92.4 Å². The molecule has 1 aliphatic rings. The summed E-state index contributed by atoms with van der Waals surface area (Å²) in [5.41, 5.74) is 0.253. The van der Waals surface area contributed by atoms with E-state index in [0.717, 1.165) is 4.88 Å². The Balaban J connectivity index is 1.58. The number of amides is 1. The maximum atomic E-state index is 12.2. The number of nitrogens with one attached hydrogen (secondary N) is 1. The second kappa shape index (κ2) is 6.31. The molecule has 22 heavy (non-hydrogen) atoms. The van der Waals surface area contributed by atoms with Crippen LogP contribution in [0.25, 0.3) is 10.6 Å². The van der Waals surface area contributed by atoms with E-state index < -0.39 is 5.97 Å². The minimum atomic E-state index is -0.748. The minimum absolute atomic E-state index is 0.00462. The van der Waals surface area contributed by atoms with Crippen molar-refractivity contribution in [3.05, 3.63) is 29.3 Å². The predicted octanol–water partition coefficient (Wildman–Crippen LogP) is 2.78. The molecule has 2 aromatic rings. The number of hydrogen-bond acceptors (Lipinski definition) is 5. The highest BCUT2D eigenvalue weighted by Crippen LogP contribution is 2.26. The summed E-state index contributed by atoms with van der Waals surface area (Å²) in [5.74, 6) is -0.729. The molecule has 2 aromatic heterocycles. The maximum Gasteiger partial charge on any atom is 0.306 e. The summed E-state index contributed by atoms with van der Waals surface area (Å²) in [6.45, 7) is 0. The van der Waals surface area contributed by atoms with Gasteiger partial charge in [-0.05, 0) is 37.1 Å². The first-order valence-electron chi connectivity index (χ1n) is 7.18. The quantitative estimate of drug-likeness (QED) is 0.903. The number of aliphatic carboxylic acids is 1. The molecule has 0 bridgehead atoms. The SMILES string of the molecule is O=C(NC1CCC(C(=O)O)CC1)c1cc(-c2cccs2)on1. The minimum Gasteiger partial charge on any atom is -0.481 e. The molecular formula is C15H16N2O4S. The van der Waals surface area contributed by atoms with Crippen LogP contribution in [0.2, 0.25) is 0 Å². The highest BCUT2D eigenvalue weighted by molar-refractivity contribution is 7.13. The van der Waals surface area contributed by atoms with Gasteiger partial charge in [-0.1, -0.05) is 11.2 Å². The third-order valence-electron chi connectivity index (χ3n) is 3.92. The van der Waals surface area contributed by atoms with E-state index in [1.807, 2.05) is 17.5 Å². The summed E-state index contributed by atoms with van der Waals surface area (Å²) in [7, 11) is 0. The van der Waals surface area contributed by atoms with Crippen LogP contribution in [0.5, 0.6) is 0 Å². The van der Waals surface area contributed by atoms with Crippen molar-refractivity contribution in [1.82, 2.24) is 10.5 Å². The molecule has 1 amide bonds. The molecule has 1 saturated carbocycles. The molecule has 2 N–H and O–H groups in total. The van der Waals surface area contributed by atoms with E-state index in [9.17, 15) is 9.59 Å². The number of rotatable bonds is 4. The average molecular weight is 320 g/mol. The molecule has 0 atom stereocenters. The Morgan fingerprint density at radius 3 is 2.73 bits per heavy atom. The number of hydrogen-bond donors (Lipinski definition) is 2. The van der Waals surface area contributed by atoms with Gasteiger partial charge in [-0.15, -0.1) is 11.3 Å². The van der Waals surface area contributed by atoms with Gasteiger partial charge in [-0.2, -0.15) is 0 Å². The van der Waals surface area contributed by atoms with Crippen molar-refractivity contribution in [2.45, 2.75) is 31.7 Å². The lowest BCUT2D eigenvalue weighted by atomic mass is 9.86. The van der Waals surface area contributed by atoms with Crippen molar-refractivity contribution in [2.75, 3.05) is 0 Å². The fraction of sp³-hybridized carbons (Fsp3) is 0.400. The maximum absolute atomic E-state index is 12.2. The van der Waals surface area contributed by atoms with Crippen LogP contribution in [0.15, 0.2) is 28.1 Å². The summed E-state index contributed by atoms with van der Waals surface area (Å²) in [6, 6.07) is 5.44. The number of carboxylic acid groups (broad SMARTS) is 1. The second-order valence-electron chi connectivity index (χ2n) is 5.41. The molecule has 0 radical (unpaired) electrons. The lowest BCUT2D eigenvalue weighted by Crippen LogP contribution is -2.38. The standard InChI is InChI=1S/C15H16N2O4S/c18-14(16-10-5-3-9(4-6-10)15(19)20)11-8-12(21-17-11)13-2-1-7-22-13/h1-2,7-10H,3-6H2,(H,16,18)(H,19,20). The van der Waals surface area contributed by atoms with Gasteiger partial charge in [0.1, 0.15) is 0 Å². The van der Waals surface area contributed by atoms with Crippen molar-refractivity contribution >= 4 is 23.2 Å². The number of carbonyl (C=O) groups is 2. The molecule has 0 unspecified atom stereocenters. The molecular weight excluding hydrogens is 304 g/mol. The van der Waals surface area contributed by atoms with Crippen molar-refractivity contribution < 1.29 is 19.2 Å². The zero-order valence-corrected chi connectivity index (χ0v) is 12.6. The van der Waals surface area contributed by atoms with E-state index in [1.165, 1.54) is 11.3 Å². The van der Waals surface area contributed by atoms with Crippen LogP contribution in [-0.2, 0) is 4.79 Å². The van der Waals surface area contributed by atoms with Gasteiger partial charge in [0, 0.05) is 12.1 Å². The Kier molecular flexibility index (Phi) is 4.24. The largest absolute Gasteiger partial charge is 0.481 e. The highest BCUT2D eigenvalue weighted by Gasteiger charge is 2.27. The molecule has 2 heterocycles. The van der Waals surface area contributed by atoms with Crippen LogP contribution in [0.3, 0.4) is 0 Å². The smallest absolute Gasteiger partial charge is 0.306 e. The molecule has 0 saturated heterocycles. The van der Waals surface area contributed by atoms with Crippen LogP contribution in [0.1, 0.15) is 36.2 Å². The number of nitrogens with zero attached hydrogens (tertiary/aromatic N) is 1. The van der Waals surface area contributed by atoms with Gasteiger partial charge in [0.2, 0.25) is 0 Å². The van der Waals surface area contributed by atoms with Gasteiger partial charge in [0.05, 0.1) is 10.8 Å². The van der Waals surface area contributed by atoms with Crippen LogP contribution in [0, 0.1) is 5.92 Å². The Hall–Kier alpha value is -2.15. The normalized spacial score (nSPS) is 21.5. The Morgan fingerprint density at radius 1 is 1.32 bits per heavy atom. The Morgan fingerprint density at radius 2 is 2.09 bits per heavy atom. The average Bonchev–Trinajstić information content (AvgIpc) is 3.19. The summed E-state index contributed by atoms with van der Waals surface area (Å²) in [5, 5.41) is 17.6. The van der Waals surface area contributed by atoms with Crippen LogP contribution in [-0.4, -0.2) is 28.2 Å². The zero-order chi connectivity index (χ0) is 15.5. The van der Waals surface area contributed by atoms with Gasteiger partial charge < -0.3 is 14.9 Å². The Bertz CT molecular complexity index is 657. The molecule has 1 aliphatic carbocycles. The number of carboxylic acids is 1. The lowest BCUT2D eigenvalue weighted by Gasteiger charge is -2.26. The van der Waals surface area contributed by atoms with Crippen molar-refractivity contribution in [1.29, 1.82) is 0 Å². The first-order chi connectivity index (χ1) is 10.6. The molecule has 3 rings (SSSR count). The summed E-state index contributed by atoms with van der Waals surface area (Å²) in [6.07, 6.45) is 2.55. The number of thiophene rings is 1. The van der Waals surface area contributed by atoms with Crippen LogP contribution in [0.4, 0.5) is 0 Å². The summed E-state index contributed by atoms with van der Waals surface area (Å²) in [4.78, 5) is 24.0. The lowest BCUT2D eigenvalue weighted by molar-refractivity contribution is -0.142. The molecule has 116 valence electrons. The molecule has 6 nitrogen and oxygen atoms in total. The van der Waals surface area contributed by atoms with E-state index in [0.29, 0.717) is 31.4 Å². The van der Waals surface area contributed by atoms with E-state index in [1.54, 1.807) is 6.07 Å². The van der Waals surface area contributed by atoms with E-state index in [-0.39, 0.29) is 23.6 Å². The fourth-order valence-corrected chi connectivity index (χ4v) is 3.33. The number of carbonyl (C=O) groups excluding carboxylic acids is 1. The summed E-state index contributed by atoms with van der Waals surface area (Å²) >= 11 is 1.52. The van der Waals surface area contributed by atoms with Gasteiger partial charge >= 0.3 is 5.97 Å². The third-order valence-corrected chi connectivity index (χ3v) is 4.80. The van der Waals surface area contributed by atoms with Gasteiger partial charge in [0.25, 0.3) is 5.91 Å². The van der Waals surface area contributed by atoms with E-state index in [2.05, 4.69) is 10.5 Å². The summed E-state index contributed by atoms with van der Waals surface area (Å²) < 4.78 is 5.19. The molecule has 1 fully saturated rings. The van der Waals surface area contributed by atoms with Crippen LogP contribution < -0.4 is 5.32 Å². The van der Waals surface area contributed by atoms with E-state index >= 15 is 0 Å². The van der Waals surface area contributed by atoms with Gasteiger partial charge in [-0.25, -0.2) is 0 Å². The van der Waals surface area contributed by atoms with E-state index in [4.69, 9.17) is 9.63 Å².